The minimum atomic E-state index is -0.164. The van der Waals surface area contributed by atoms with Crippen LogP contribution in [-0.2, 0) is 0 Å². The molecule has 5 heteroatoms. The topological polar surface area (TPSA) is 42.4 Å². The van der Waals surface area contributed by atoms with Crippen LogP contribution in [0.4, 0.5) is 17.1 Å². The molecule has 0 fully saturated rings. The number of nitrogens with zero attached hydrogens (tertiary/aromatic N) is 2. The van der Waals surface area contributed by atoms with Gasteiger partial charge in [0.05, 0.1) is 16.8 Å². The van der Waals surface area contributed by atoms with Crippen LogP contribution in [0.25, 0.3) is 22.1 Å². The summed E-state index contributed by atoms with van der Waals surface area (Å²) in [5.41, 5.74) is 7.49. The summed E-state index contributed by atoms with van der Waals surface area (Å²) in [5.74, 6) is 0. The molecule has 0 saturated heterocycles. The van der Waals surface area contributed by atoms with E-state index in [9.17, 15) is 0 Å². The third-order valence-corrected chi connectivity index (χ3v) is 6.18. The maximum atomic E-state index is 6.54. The number of rotatable bonds is 2. The first-order chi connectivity index (χ1) is 15.9. The number of anilines is 3. The first-order valence-electron chi connectivity index (χ1n) is 10.7. The summed E-state index contributed by atoms with van der Waals surface area (Å²) in [7, 11) is 0. The van der Waals surface area contributed by atoms with Crippen molar-refractivity contribution in [3.8, 4) is 0 Å². The summed E-state index contributed by atoms with van der Waals surface area (Å²) in [4.78, 5) is 6.80. The van der Waals surface area contributed by atoms with E-state index in [1.807, 2.05) is 30.3 Å². The molecule has 6 aromatic rings. The van der Waals surface area contributed by atoms with Crippen LogP contribution in [0.2, 0.25) is 0 Å². The number of benzene rings is 3. The van der Waals surface area contributed by atoms with Crippen molar-refractivity contribution >= 4 is 62.6 Å². The Hall–Kier alpha value is -4.25. The maximum Gasteiger partial charge on any atom is 0.338 e. The summed E-state index contributed by atoms with van der Waals surface area (Å²) in [6.45, 7) is -0.164. The standard InChI is InChI=1S/C27H17BN2O2/c1-3-10-18(11-4-1)28-25-23(20-14-7-8-16-22(20)31-25)30(19-12-5-2-6-13-19)24-21-15-9-17-29-27(21)32-26(24)28/h1-17H. The number of hydrogen-bond donors (Lipinski definition) is 0. The SMILES string of the molecule is c1ccc(B2c3oc4ccccc4c3N(c3ccccc3)c3c2oc2ncccc32)cc1. The molecule has 0 atom stereocenters. The van der Waals surface area contributed by atoms with Crippen molar-refractivity contribution in [1.82, 2.24) is 4.98 Å². The summed E-state index contributed by atoms with van der Waals surface area (Å²) < 4.78 is 13.0. The molecular formula is C27H17BN2O2. The van der Waals surface area contributed by atoms with Crippen molar-refractivity contribution in [3.05, 3.63) is 103 Å². The van der Waals surface area contributed by atoms with Crippen LogP contribution in [0.15, 0.2) is 112 Å². The molecule has 3 aromatic heterocycles. The first-order valence-corrected chi connectivity index (χ1v) is 10.7. The summed E-state index contributed by atoms with van der Waals surface area (Å²) >= 11 is 0. The highest BCUT2D eigenvalue weighted by Crippen LogP contribution is 2.44. The Morgan fingerprint density at radius 2 is 1.28 bits per heavy atom. The quantitative estimate of drug-likeness (QED) is 0.380. The van der Waals surface area contributed by atoms with E-state index in [0.717, 1.165) is 50.2 Å². The molecule has 4 heterocycles. The van der Waals surface area contributed by atoms with Crippen LogP contribution in [0, 0.1) is 0 Å². The van der Waals surface area contributed by atoms with E-state index in [4.69, 9.17) is 8.83 Å². The Kier molecular flexibility index (Phi) is 3.61. The van der Waals surface area contributed by atoms with Gasteiger partial charge in [-0.25, -0.2) is 4.98 Å². The lowest BCUT2D eigenvalue weighted by Gasteiger charge is -2.31. The van der Waals surface area contributed by atoms with Crippen LogP contribution in [-0.4, -0.2) is 11.7 Å². The lowest BCUT2D eigenvalue weighted by atomic mass is 9.39. The van der Waals surface area contributed by atoms with Gasteiger partial charge in [-0.1, -0.05) is 66.1 Å². The highest BCUT2D eigenvalue weighted by atomic mass is 16.4. The predicted molar refractivity (Wildman–Crippen MR) is 130 cm³/mol. The molecule has 0 radical (unpaired) electrons. The molecule has 0 spiro atoms. The Morgan fingerprint density at radius 3 is 2.12 bits per heavy atom. The summed E-state index contributed by atoms with van der Waals surface area (Å²) in [5, 5.41) is 2.07. The summed E-state index contributed by atoms with van der Waals surface area (Å²) in [6.07, 6.45) is 1.77. The van der Waals surface area contributed by atoms with Crippen LogP contribution < -0.4 is 21.7 Å². The van der Waals surface area contributed by atoms with E-state index in [1.54, 1.807) is 6.20 Å². The molecule has 32 heavy (non-hydrogen) atoms. The van der Waals surface area contributed by atoms with Gasteiger partial charge in [0, 0.05) is 17.3 Å². The number of aromatic nitrogens is 1. The number of furan rings is 2. The molecule has 0 amide bonds. The molecule has 4 nitrogen and oxygen atoms in total. The third-order valence-electron chi connectivity index (χ3n) is 6.18. The van der Waals surface area contributed by atoms with Gasteiger partial charge in [-0.3, -0.25) is 0 Å². The van der Waals surface area contributed by atoms with E-state index in [-0.39, 0.29) is 6.71 Å². The fourth-order valence-electron chi connectivity index (χ4n) is 4.86. The van der Waals surface area contributed by atoms with E-state index >= 15 is 0 Å². The molecule has 0 unspecified atom stereocenters. The number of para-hydroxylation sites is 2. The van der Waals surface area contributed by atoms with Crippen LogP contribution in [0.1, 0.15) is 0 Å². The average molecular weight is 412 g/mol. The van der Waals surface area contributed by atoms with Crippen molar-refractivity contribution in [2.24, 2.45) is 0 Å². The number of fused-ring (bicyclic) bond motifs is 6. The second-order valence-corrected chi connectivity index (χ2v) is 8.00. The van der Waals surface area contributed by atoms with Crippen molar-refractivity contribution in [3.63, 3.8) is 0 Å². The minimum absolute atomic E-state index is 0.164. The number of hydrogen-bond acceptors (Lipinski definition) is 4. The Balaban J connectivity index is 1.65. The lowest BCUT2D eigenvalue weighted by molar-refractivity contribution is 0.628. The predicted octanol–water partition coefficient (Wildman–Crippen LogP) is 4.87. The molecule has 0 saturated carbocycles. The molecular weight excluding hydrogens is 395 g/mol. The monoisotopic (exact) mass is 412 g/mol. The average Bonchev–Trinajstić information content (AvgIpc) is 3.42. The van der Waals surface area contributed by atoms with Gasteiger partial charge in [0.25, 0.3) is 0 Å². The molecule has 7 rings (SSSR count). The van der Waals surface area contributed by atoms with Crippen molar-refractivity contribution in [2.45, 2.75) is 0 Å². The Morgan fingerprint density at radius 1 is 0.625 bits per heavy atom. The van der Waals surface area contributed by atoms with Gasteiger partial charge in [0.2, 0.25) is 5.71 Å². The van der Waals surface area contributed by atoms with E-state index < -0.39 is 0 Å². The Bertz CT molecular complexity index is 1510. The van der Waals surface area contributed by atoms with Crippen molar-refractivity contribution in [2.75, 3.05) is 4.90 Å². The smallest absolute Gasteiger partial charge is 0.338 e. The fourth-order valence-corrected chi connectivity index (χ4v) is 4.86. The lowest BCUT2D eigenvalue weighted by Crippen LogP contribution is -2.56. The van der Waals surface area contributed by atoms with Crippen LogP contribution >= 0.6 is 0 Å². The minimum Gasteiger partial charge on any atom is -0.468 e. The second kappa shape index (κ2) is 6.63. The summed E-state index contributed by atoms with van der Waals surface area (Å²) in [6, 6.07) is 33.1. The molecule has 150 valence electrons. The molecule has 3 aromatic carbocycles. The molecule has 1 aliphatic rings. The van der Waals surface area contributed by atoms with Gasteiger partial charge >= 0.3 is 6.71 Å². The largest absolute Gasteiger partial charge is 0.468 e. The van der Waals surface area contributed by atoms with E-state index in [1.165, 1.54) is 0 Å². The zero-order chi connectivity index (χ0) is 21.1. The van der Waals surface area contributed by atoms with E-state index in [0.29, 0.717) is 5.71 Å². The maximum absolute atomic E-state index is 6.54. The van der Waals surface area contributed by atoms with E-state index in [2.05, 4.69) is 76.6 Å². The molecule has 0 aliphatic carbocycles. The molecule has 0 bridgehead atoms. The van der Waals surface area contributed by atoms with Gasteiger partial charge < -0.3 is 13.7 Å². The van der Waals surface area contributed by atoms with Gasteiger partial charge in [-0.2, -0.15) is 0 Å². The zero-order valence-electron chi connectivity index (χ0n) is 17.1. The highest BCUT2D eigenvalue weighted by Gasteiger charge is 2.44. The zero-order valence-corrected chi connectivity index (χ0v) is 17.1. The third kappa shape index (κ3) is 2.36. The van der Waals surface area contributed by atoms with Crippen molar-refractivity contribution in [1.29, 1.82) is 0 Å². The van der Waals surface area contributed by atoms with Gasteiger partial charge in [-0.05, 0) is 36.4 Å². The van der Waals surface area contributed by atoms with Crippen LogP contribution in [0.5, 0.6) is 0 Å². The fraction of sp³-hybridized carbons (Fsp3) is 0. The van der Waals surface area contributed by atoms with Gasteiger partial charge in [0.15, 0.2) is 0 Å². The molecule has 0 N–H and O–H groups in total. The van der Waals surface area contributed by atoms with Gasteiger partial charge in [-0.15, -0.1) is 0 Å². The van der Waals surface area contributed by atoms with Crippen molar-refractivity contribution < 1.29 is 8.83 Å². The number of pyridine rings is 1. The first kappa shape index (κ1) is 17.4. The normalized spacial score (nSPS) is 12.9. The molecule has 1 aliphatic heterocycles. The highest BCUT2D eigenvalue weighted by molar-refractivity contribution is 6.97. The van der Waals surface area contributed by atoms with Gasteiger partial charge in [0.1, 0.15) is 16.9 Å². The van der Waals surface area contributed by atoms with Crippen LogP contribution in [0.3, 0.4) is 0 Å². The Labute approximate surface area is 184 Å². The second-order valence-electron chi connectivity index (χ2n) is 8.00.